The van der Waals surface area contributed by atoms with Crippen LogP contribution in [0.4, 0.5) is 5.69 Å². The standard InChI is InChI=1S/C26H35N5O2/c1-26(2,3)19-6-9-21(10-7-19)33-18-25(32)27-20-8-11-23-22(16-20)28-24(30(23)5)17-31-14-12-29(4)13-15-31/h6-11,16H,12-15,17-18H2,1-5H3,(H,27,32). The molecule has 1 aromatic heterocycles. The topological polar surface area (TPSA) is 62.6 Å². The van der Waals surface area contributed by atoms with Gasteiger partial charge in [-0.05, 0) is 48.4 Å². The van der Waals surface area contributed by atoms with Crippen LogP contribution in [0.2, 0.25) is 0 Å². The molecule has 2 aromatic carbocycles. The number of aryl methyl sites for hydroxylation is 1. The van der Waals surface area contributed by atoms with Crippen molar-refractivity contribution in [2.24, 2.45) is 7.05 Å². The molecule has 1 amide bonds. The molecule has 0 bridgehead atoms. The number of carbonyl (C=O) groups is 1. The number of anilines is 1. The third-order valence-electron chi connectivity index (χ3n) is 6.31. The van der Waals surface area contributed by atoms with Gasteiger partial charge in [0.25, 0.3) is 5.91 Å². The lowest BCUT2D eigenvalue weighted by Gasteiger charge is -2.31. The van der Waals surface area contributed by atoms with Crippen LogP contribution in [0.15, 0.2) is 42.5 Å². The van der Waals surface area contributed by atoms with Crippen molar-refractivity contribution in [3.63, 3.8) is 0 Å². The van der Waals surface area contributed by atoms with Gasteiger partial charge in [-0.25, -0.2) is 4.98 Å². The maximum atomic E-state index is 12.4. The second-order valence-corrected chi connectivity index (χ2v) is 9.98. The first-order chi connectivity index (χ1) is 15.7. The largest absolute Gasteiger partial charge is 0.484 e. The first-order valence-corrected chi connectivity index (χ1v) is 11.6. The van der Waals surface area contributed by atoms with Gasteiger partial charge in [0.1, 0.15) is 11.6 Å². The molecule has 33 heavy (non-hydrogen) atoms. The van der Waals surface area contributed by atoms with Gasteiger partial charge in [0.2, 0.25) is 0 Å². The number of amides is 1. The summed E-state index contributed by atoms with van der Waals surface area (Å²) < 4.78 is 7.81. The van der Waals surface area contributed by atoms with E-state index in [1.54, 1.807) is 0 Å². The van der Waals surface area contributed by atoms with Gasteiger partial charge in [0.15, 0.2) is 6.61 Å². The number of hydrogen-bond donors (Lipinski definition) is 1. The lowest BCUT2D eigenvalue weighted by atomic mass is 9.87. The first kappa shape index (κ1) is 23.3. The minimum absolute atomic E-state index is 0.0379. The van der Waals surface area contributed by atoms with Crippen LogP contribution in [-0.4, -0.2) is 65.1 Å². The predicted octanol–water partition coefficient (Wildman–Crippen LogP) is 3.64. The third kappa shape index (κ3) is 5.72. The zero-order valence-electron chi connectivity index (χ0n) is 20.4. The number of aromatic nitrogens is 2. The predicted molar refractivity (Wildman–Crippen MR) is 133 cm³/mol. The van der Waals surface area contributed by atoms with Gasteiger partial charge in [-0.2, -0.15) is 0 Å². The number of nitrogens with one attached hydrogen (secondary N) is 1. The number of fused-ring (bicyclic) bond motifs is 1. The normalized spacial score (nSPS) is 15.7. The summed E-state index contributed by atoms with van der Waals surface area (Å²) in [7, 11) is 4.22. The molecule has 176 valence electrons. The fourth-order valence-electron chi connectivity index (χ4n) is 4.07. The van der Waals surface area contributed by atoms with Gasteiger partial charge in [-0.1, -0.05) is 32.9 Å². The Morgan fingerprint density at radius 2 is 1.73 bits per heavy atom. The minimum atomic E-state index is -0.192. The molecule has 7 nitrogen and oxygen atoms in total. The van der Waals surface area contributed by atoms with Crippen LogP contribution in [0.25, 0.3) is 11.0 Å². The molecule has 7 heteroatoms. The summed E-state index contributed by atoms with van der Waals surface area (Å²) in [4.78, 5) is 22.1. The number of hydrogen-bond acceptors (Lipinski definition) is 5. The molecule has 1 aliphatic heterocycles. The Bertz CT molecular complexity index is 1110. The summed E-state index contributed by atoms with van der Waals surface area (Å²) in [5.41, 5.74) is 3.99. The van der Waals surface area contributed by atoms with Crippen LogP contribution in [-0.2, 0) is 23.8 Å². The molecule has 1 aliphatic rings. The molecule has 4 rings (SSSR count). The lowest BCUT2D eigenvalue weighted by Crippen LogP contribution is -2.44. The zero-order chi connectivity index (χ0) is 23.6. The Morgan fingerprint density at radius 3 is 2.39 bits per heavy atom. The van der Waals surface area contributed by atoms with E-state index in [-0.39, 0.29) is 17.9 Å². The summed E-state index contributed by atoms with van der Waals surface area (Å²) in [6.45, 7) is 11.6. The van der Waals surface area contributed by atoms with E-state index >= 15 is 0 Å². The molecule has 3 aromatic rings. The fraction of sp³-hybridized carbons (Fsp3) is 0.462. The number of carbonyl (C=O) groups excluding carboxylic acids is 1. The van der Waals surface area contributed by atoms with Crippen LogP contribution in [0.3, 0.4) is 0 Å². The number of piperazine rings is 1. The van der Waals surface area contributed by atoms with E-state index in [1.807, 2.05) is 42.5 Å². The third-order valence-corrected chi connectivity index (χ3v) is 6.31. The van der Waals surface area contributed by atoms with Gasteiger partial charge in [-0.15, -0.1) is 0 Å². The van der Waals surface area contributed by atoms with E-state index in [1.165, 1.54) is 5.56 Å². The molecule has 1 N–H and O–H groups in total. The van der Waals surface area contributed by atoms with E-state index in [9.17, 15) is 4.79 Å². The molecule has 0 radical (unpaired) electrons. The number of nitrogens with zero attached hydrogens (tertiary/aromatic N) is 4. The van der Waals surface area contributed by atoms with Gasteiger partial charge in [0.05, 0.1) is 17.6 Å². The maximum absolute atomic E-state index is 12.4. The van der Waals surface area contributed by atoms with Crippen molar-refractivity contribution >= 4 is 22.6 Å². The van der Waals surface area contributed by atoms with E-state index in [0.29, 0.717) is 5.75 Å². The molecule has 0 spiro atoms. The van der Waals surface area contributed by atoms with E-state index in [2.05, 4.69) is 54.6 Å². The average molecular weight is 450 g/mol. The summed E-state index contributed by atoms with van der Waals surface area (Å²) in [6.07, 6.45) is 0. The summed E-state index contributed by atoms with van der Waals surface area (Å²) in [5, 5.41) is 2.93. The van der Waals surface area contributed by atoms with Crippen LogP contribution in [0.5, 0.6) is 5.75 Å². The Morgan fingerprint density at radius 1 is 1.03 bits per heavy atom. The highest BCUT2D eigenvalue weighted by molar-refractivity contribution is 5.94. The molecule has 0 unspecified atom stereocenters. The number of ether oxygens (including phenoxy) is 1. The quantitative estimate of drug-likeness (QED) is 0.623. The van der Waals surface area contributed by atoms with Gasteiger partial charge >= 0.3 is 0 Å². The molecule has 0 atom stereocenters. The highest BCUT2D eigenvalue weighted by atomic mass is 16.5. The monoisotopic (exact) mass is 449 g/mol. The fourth-order valence-corrected chi connectivity index (χ4v) is 4.07. The van der Waals surface area contributed by atoms with Crippen molar-refractivity contribution in [2.75, 3.05) is 45.2 Å². The highest BCUT2D eigenvalue weighted by Crippen LogP contribution is 2.24. The van der Waals surface area contributed by atoms with E-state index < -0.39 is 0 Å². The Balaban J connectivity index is 1.36. The minimum Gasteiger partial charge on any atom is -0.484 e. The zero-order valence-corrected chi connectivity index (χ0v) is 20.4. The SMILES string of the molecule is CN1CCN(Cc2nc3cc(NC(=O)COc4ccc(C(C)(C)C)cc4)ccc3n2C)CC1. The van der Waals surface area contributed by atoms with Crippen LogP contribution >= 0.6 is 0 Å². The van der Waals surface area contributed by atoms with Crippen LogP contribution in [0.1, 0.15) is 32.2 Å². The molecule has 0 saturated carbocycles. The van der Waals surface area contributed by atoms with Gasteiger partial charge < -0.3 is 19.5 Å². The number of rotatable bonds is 6. The van der Waals surface area contributed by atoms with Crippen molar-refractivity contribution in [1.82, 2.24) is 19.4 Å². The summed E-state index contributed by atoms with van der Waals surface area (Å²) in [5.74, 6) is 1.54. The van der Waals surface area contributed by atoms with E-state index in [0.717, 1.165) is 55.3 Å². The Hall–Kier alpha value is -2.90. The van der Waals surface area contributed by atoms with Crippen molar-refractivity contribution in [1.29, 1.82) is 0 Å². The van der Waals surface area contributed by atoms with Crippen LogP contribution < -0.4 is 10.1 Å². The lowest BCUT2D eigenvalue weighted by molar-refractivity contribution is -0.118. The van der Waals surface area contributed by atoms with Crippen molar-refractivity contribution in [2.45, 2.75) is 32.7 Å². The number of benzene rings is 2. The number of imidazole rings is 1. The van der Waals surface area contributed by atoms with Gasteiger partial charge in [0, 0.05) is 38.9 Å². The second kappa shape index (κ2) is 9.53. The van der Waals surface area contributed by atoms with E-state index in [4.69, 9.17) is 9.72 Å². The average Bonchev–Trinajstić information content (AvgIpc) is 3.08. The summed E-state index contributed by atoms with van der Waals surface area (Å²) >= 11 is 0. The van der Waals surface area contributed by atoms with Crippen molar-refractivity contribution in [3.05, 3.63) is 53.9 Å². The van der Waals surface area contributed by atoms with Crippen molar-refractivity contribution in [3.8, 4) is 5.75 Å². The number of likely N-dealkylation sites (N-methyl/N-ethyl adjacent to an activating group) is 1. The Labute approximate surface area is 196 Å². The van der Waals surface area contributed by atoms with Crippen LogP contribution in [0, 0.1) is 0 Å². The van der Waals surface area contributed by atoms with Gasteiger partial charge in [-0.3, -0.25) is 9.69 Å². The molecule has 2 heterocycles. The summed E-state index contributed by atoms with van der Waals surface area (Å²) in [6, 6.07) is 13.8. The molecule has 0 aliphatic carbocycles. The molecule has 1 saturated heterocycles. The first-order valence-electron chi connectivity index (χ1n) is 11.6. The van der Waals surface area contributed by atoms with Crippen molar-refractivity contribution < 1.29 is 9.53 Å². The maximum Gasteiger partial charge on any atom is 0.262 e. The smallest absolute Gasteiger partial charge is 0.262 e. The molecule has 1 fully saturated rings. The molecular formula is C26H35N5O2. The molecular weight excluding hydrogens is 414 g/mol. The highest BCUT2D eigenvalue weighted by Gasteiger charge is 2.17. The second-order valence-electron chi connectivity index (χ2n) is 9.98. The Kier molecular flexibility index (Phi) is 6.72.